The van der Waals surface area contributed by atoms with Crippen LogP contribution in [0.4, 0.5) is 0 Å². The predicted molar refractivity (Wildman–Crippen MR) is 109 cm³/mol. The summed E-state index contributed by atoms with van der Waals surface area (Å²) in [6.45, 7) is 1.89. The third kappa shape index (κ3) is 4.55. The zero-order valence-corrected chi connectivity index (χ0v) is 16.8. The molecule has 4 rings (SSSR count). The summed E-state index contributed by atoms with van der Waals surface area (Å²) in [4.78, 5) is 28.5. The van der Waals surface area contributed by atoms with Crippen LogP contribution >= 0.6 is 11.6 Å². The van der Waals surface area contributed by atoms with Crippen LogP contribution in [0.1, 0.15) is 23.6 Å². The molecule has 3 heterocycles. The van der Waals surface area contributed by atoms with Gasteiger partial charge >= 0.3 is 5.97 Å². The van der Waals surface area contributed by atoms with Gasteiger partial charge in [0, 0.05) is 24.2 Å². The molecule has 0 saturated heterocycles. The van der Waals surface area contributed by atoms with Crippen LogP contribution in [0.25, 0.3) is 17.1 Å². The normalized spacial score (nSPS) is 11.0. The van der Waals surface area contributed by atoms with Gasteiger partial charge in [0.1, 0.15) is 12.3 Å². The maximum Gasteiger partial charge on any atom is 0.306 e. The van der Waals surface area contributed by atoms with Crippen molar-refractivity contribution in [2.24, 2.45) is 0 Å². The van der Waals surface area contributed by atoms with Gasteiger partial charge in [-0.2, -0.15) is 0 Å². The Hall–Kier alpha value is -3.52. The van der Waals surface area contributed by atoms with Crippen LogP contribution in [-0.2, 0) is 22.6 Å². The minimum absolute atomic E-state index is 0.0672. The van der Waals surface area contributed by atoms with Gasteiger partial charge in [-0.1, -0.05) is 29.3 Å². The average Bonchev–Trinajstić information content (AvgIpc) is 3.21. The summed E-state index contributed by atoms with van der Waals surface area (Å²) < 4.78 is 12.1. The summed E-state index contributed by atoms with van der Waals surface area (Å²) in [6.07, 6.45) is 1.80. The van der Waals surface area contributed by atoms with Crippen LogP contribution < -0.4 is 5.56 Å². The number of halogens is 1. The number of carbonyl (C=O) groups excluding carboxylic acids is 1. The zero-order valence-electron chi connectivity index (χ0n) is 16.0. The fourth-order valence-electron chi connectivity index (χ4n) is 2.80. The van der Waals surface area contributed by atoms with Crippen LogP contribution in [0.3, 0.4) is 0 Å². The van der Waals surface area contributed by atoms with Crippen molar-refractivity contribution in [1.29, 1.82) is 0 Å². The average molecular weight is 425 g/mol. The number of aryl methyl sites for hydroxylation is 2. The topological polar surface area (TPSA) is 99.6 Å². The predicted octanol–water partition coefficient (Wildman–Crippen LogP) is 3.38. The number of fused-ring (bicyclic) bond motifs is 1. The van der Waals surface area contributed by atoms with Gasteiger partial charge in [0.2, 0.25) is 11.8 Å². The van der Waals surface area contributed by atoms with E-state index in [9.17, 15) is 9.59 Å². The lowest BCUT2D eigenvalue weighted by molar-refractivity contribution is -0.145. The molecule has 0 bridgehead atoms. The number of nitrogens with zero attached hydrogens (tertiary/aromatic N) is 4. The lowest BCUT2D eigenvalue weighted by atomic mass is 10.1. The number of aromatic nitrogens is 4. The van der Waals surface area contributed by atoms with Crippen molar-refractivity contribution in [3.63, 3.8) is 0 Å². The molecule has 0 N–H and O–H groups in total. The number of pyridine rings is 1. The van der Waals surface area contributed by atoms with E-state index in [4.69, 9.17) is 20.8 Å². The Labute approximate surface area is 176 Å². The van der Waals surface area contributed by atoms with E-state index in [-0.39, 0.29) is 25.0 Å². The maximum atomic E-state index is 12.1. The highest BCUT2D eigenvalue weighted by molar-refractivity contribution is 6.30. The smallest absolute Gasteiger partial charge is 0.306 e. The molecule has 152 valence electrons. The third-order valence-corrected chi connectivity index (χ3v) is 4.59. The molecule has 0 fully saturated rings. The Morgan fingerprint density at radius 1 is 1.17 bits per heavy atom. The molecule has 0 amide bonds. The number of hydrogen-bond acceptors (Lipinski definition) is 7. The van der Waals surface area contributed by atoms with E-state index in [1.807, 2.05) is 31.2 Å². The first-order valence-electron chi connectivity index (χ1n) is 9.21. The van der Waals surface area contributed by atoms with Gasteiger partial charge in [0.25, 0.3) is 5.56 Å². The van der Waals surface area contributed by atoms with E-state index in [0.717, 1.165) is 11.1 Å². The van der Waals surface area contributed by atoms with E-state index in [2.05, 4.69) is 15.2 Å². The van der Waals surface area contributed by atoms with E-state index < -0.39 is 5.97 Å². The molecule has 30 heavy (non-hydrogen) atoms. The van der Waals surface area contributed by atoms with Crippen LogP contribution in [0, 0.1) is 6.92 Å². The molecule has 0 aliphatic carbocycles. The van der Waals surface area contributed by atoms with Crippen molar-refractivity contribution in [1.82, 2.24) is 19.6 Å². The summed E-state index contributed by atoms with van der Waals surface area (Å²) in [6, 6.07) is 12.3. The van der Waals surface area contributed by atoms with Gasteiger partial charge in [-0.15, -0.1) is 10.2 Å². The highest BCUT2D eigenvalue weighted by Crippen LogP contribution is 2.18. The van der Waals surface area contributed by atoms with Gasteiger partial charge in [-0.05, 0) is 31.2 Å². The van der Waals surface area contributed by atoms with Gasteiger partial charge in [-0.3, -0.25) is 14.0 Å². The highest BCUT2D eigenvalue weighted by Gasteiger charge is 2.12. The molecule has 0 aliphatic heterocycles. The van der Waals surface area contributed by atoms with E-state index in [1.165, 1.54) is 16.7 Å². The summed E-state index contributed by atoms with van der Waals surface area (Å²) in [5.74, 6) is 0.295. The Morgan fingerprint density at radius 2 is 1.97 bits per heavy atom. The molecule has 3 aromatic heterocycles. The quantitative estimate of drug-likeness (QED) is 0.437. The molecule has 0 saturated carbocycles. The second kappa shape index (κ2) is 8.46. The van der Waals surface area contributed by atoms with E-state index in [0.29, 0.717) is 28.1 Å². The molecule has 1 aromatic carbocycles. The first kappa shape index (κ1) is 19.8. The lowest BCUT2D eigenvalue weighted by Gasteiger charge is -2.06. The van der Waals surface area contributed by atoms with Crippen molar-refractivity contribution >= 4 is 23.2 Å². The van der Waals surface area contributed by atoms with Gasteiger partial charge in [-0.25, -0.2) is 4.98 Å². The van der Waals surface area contributed by atoms with Gasteiger partial charge in [0.05, 0.1) is 17.1 Å². The number of ether oxygens (including phenoxy) is 1. The minimum atomic E-state index is -0.455. The van der Waals surface area contributed by atoms with Crippen molar-refractivity contribution in [2.75, 3.05) is 0 Å². The monoisotopic (exact) mass is 424 g/mol. The standard InChI is InChI=1S/C21H17ClN4O4/c1-13-2-4-14(5-3-13)21-25-24-18(30-21)8-9-20(28)29-12-16-10-19(27)26-11-15(22)6-7-17(26)23-16/h2-7,10-11H,8-9,12H2,1H3. The van der Waals surface area contributed by atoms with E-state index >= 15 is 0 Å². The van der Waals surface area contributed by atoms with Gasteiger partial charge in [0.15, 0.2) is 0 Å². The van der Waals surface area contributed by atoms with Crippen LogP contribution in [-0.4, -0.2) is 25.6 Å². The first-order chi connectivity index (χ1) is 14.5. The zero-order chi connectivity index (χ0) is 21.1. The van der Waals surface area contributed by atoms with Crippen LogP contribution in [0.5, 0.6) is 0 Å². The summed E-state index contributed by atoms with van der Waals surface area (Å²) >= 11 is 5.89. The molecule has 9 heteroatoms. The molecule has 8 nitrogen and oxygen atoms in total. The molecular formula is C21H17ClN4O4. The second-order valence-corrected chi connectivity index (χ2v) is 7.13. The number of rotatable bonds is 6. The third-order valence-electron chi connectivity index (χ3n) is 4.37. The Morgan fingerprint density at radius 3 is 2.77 bits per heavy atom. The first-order valence-corrected chi connectivity index (χ1v) is 9.58. The second-order valence-electron chi connectivity index (χ2n) is 6.69. The van der Waals surface area contributed by atoms with Crippen molar-refractivity contribution in [2.45, 2.75) is 26.4 Å². The summed E-state index contributed by atoms with van der Waals surface area (Å²) in [5.41, 5.74) is 2.43. The highest BCUT2D eigenvalue weighted by atomic mass is 35.5. The molecule has 0 unspecified atom stereocenters. The summed E-state index contributed by atoms with van der Waals surface area (Å²) in [5, 5.41) is 8.40. The minimum Gasteiger partial charge on any atom is -0.459 e. The van der Waals surface area contributed by atoms with Crippen LogP contribution in [0.2, 0.25) is 5.02 Å². The lowest BCUT2D eigenvalue weighted by Crippen LogP contribution is -2.16. The van der Waals surface area contributed by atoms with Crippen LogP contribution in [0.15, 0.2) is 57.9 Å². The molecule has 0 atom stereocenters. The molecule has 4 aromatic rings. The fourth-order valence-corrected chi connectivity index (χ4v) is 2.96. The van der Waals surface area contributed by atoms with Crippen molar-refractivity contribution in [3.05, 3.63) is 81.2 Å². The molecule has 0 spiro atoms. The largest absolute Gasteiger partial charge is 0.459 e. The molecule has 0 radical (unpaired) electrons. The molecular weight excluding hydrogens is 408 g/mol. The Balaban J connectivity index is 1.33. The Bertz CT molecular complexity index is 1260. The summed E-state index contributed by atoms with van der Waals surface area (Å²) in [7, 11) is 0. The van der Waals surface area contributed by atoms with Crippen molar-refractivity contribution in [3.8, 4) is 11.5 Å². The SMILES string of the molecule is Cc1ccc(-c2nnc(CCC(=O)OCc3cc(=O)n4cc(Cl)ccc4n3)o2)cc1. The number of benzene rings is 1. The number of hydrogen-bond donors (Lipinski definition) is 0. The maximum absolute atomic E-state index is 12.1. The molecule has 0 aliphatic rings. The number of esters is 1. The number of carbonyl (C=O) groups is 1. The fraction of sp³-hybridized carbons (Fsp3) is 0.190. The Kier molecular flexibility index (Phi) is 5.58. The van der Waals surface area contributed by atoms with Crippen molar-refractivity contribution < 1.29 is 13.9 Å². The van der Waals surface area contributed by atoms with Gasteiger partial charge < -0.3 is 9.15 Å². The van der Waals surface area contributed by atoms with E-state index in [1.54, 1.807) is 12.1 Å².